The maximum absolute atomic E-state index is 13.1. The molecule has 1 fully saturated rings. The molecule has 0 aromatic heterocycles. The molecule has 0 N–H and O–H groups in total. The van der Waals surface area contributed by atoms with E-state index in [1.54, 1.807) is 0 Å². The first-order chi connectivity index (χ1) is 8.68. The fourth-order valence-corrected chi connectivity index (χ4v) is 5.63. The van der Waals surface area contributed by atoms with Gasteiger partial charge in [-0.3, -0.25) is 4.57 Å². The van der Waals surface area contributed by atoms with Gasteiger partial charge >= 0.3 is 0 Å². The lowest BCUT2D eigenvalue weighted by Gasteiger charge is -2.40. The Morgan fingerprint density at radius 2 is 1.53 bits per heavy atom. The molecule has 3 atom stereocenters. The Bertz CT molecular complexity index is 311. The Morgan fingerprint density at radius 1 is 1.00 bits per heavy atom. The van der Waals surface area contributed by atoms with E-state index in [4.69, 9.17) is 4.52 Å². The van der Waals surface area contributed by atoms with E-state index in [0.29, 0.717) is 17.8 Å². The second-order valence-electron chi connectivity index (χ2n) is 7.30. The van der Waals surface area contributed by atoms with Crippen molar-refractivity contribution in [1.29, 1.82) is 0 Å². The van der Waals surface area contributed by atoms with Crippen molar-refractivity contribution >= 4 is 7.37 Å². The Labute approximate surface area is 120 Å². The molecule has 114 valence electrons. The fourth-order valence-electron chi connectivity index (χ4n) is 3.29. The smallest absolute Gasteiger partial charge is 0.208 e. The van der Waals surface area contributed by atoms with E-state index < -0.39 is 7.37 Å². The Morgan fingerprint density at radius 3 is 1.95 bits per heavy atom. The fraction of sp³-hybridized carbons (Fsp3) is 1.00. The van der Waals surface area contributed by atoms with Crippen molar-refractivity contribution in [3.05, 3.63) is 0 Å². The molecule has 0 heterocycles. The van der Waals surface area contributed by atoms with Crippen molar-refractivity contribution in [3.8, 4) is 0 Å². The van der Waals surface area contributed by atoms with Crippen LogP contribution >= 0.6 is 7.37 Å². The number of hydrogen-bond acceptors (Lipinski definition) is 2. The first-order valence-electron chi connectivity index (χ1n) is 7.96. The molecule has 1 aliphatic carbocycles. The standard InChI is InChI=1S/C16H33O2P/c1-11(2)15-9-8-14(7)10-16(15)18-19(17,12(3)4)13(5)6/h11-16H,8-10H2,1-7H3. The molecule has 0 bridgehead atoms. The third kappa shape index (κ3) is 4.08. The molecule has 1 rings (SSSR count). The zero-order chi connectivity index (χ0) is 14.8. The third-order valence-corrected chi connectivity index (χ3v) is 8.18. The zero-order valence-electron chi connectivity index (χ0n) is 13.8. The highest BCUT2D eigenvalue weighted by atomic mass is 31.2. The maximum atomic E-state index is 13.1. The quantitative estimate of drug-likeness (QED) is 0.619. The molecule has 0 amide bonds. The van der Waals surface area contributed by atoms with Crippen molar-refractivity contribution in [2.45, 2.75) is 85.2 Å². The Kier molecular flexibility index (Phi) is 6.14. The summed E-state index contributed by atoms with van der Waals surface area (Å²) in [6, 6.07) is 0. The second-order valence-corrected chi connectivity index (χ2v) is 10.9. The van der Waals surface area contributed by atoms with Crippen LogP contribution in [-0.4, -0.2) is 17.4 Å². The molecule has 0 saturated heterocycles. The molecule has 0 radical (unpaired) electrons. The molecular formula is C16H33O2P. The van der Waals surface area contributed by atoms with Crippen LogP contribution < -0.4 is 0 Å². The van der Waals surface area contributed by atoms with E-state index in [-0.39, 0.29) is 17.4 Å². The van der Waals surface area contributed by atoms with E-state index in [2.05, 4.69) is 20.8 Å². The van der Waals surface area contributed by atoms with Gasteiger partial charge in [0.05, 0.1) is 6.10 Å². The second kappa shape index (κ2) is 6.76. The summed E-state index contributed by atoms with van der Waals surface area (Å²) in [6.07, 6.45) is 3.78. The van der Waals surface area contributed by atoms with Crippen molar-refractivity contribution in [3.63, 3.8) is 0 Å². The molecule has 1 aliphatic rings. The Hall–Kier alpha value is 0.190. The molecule has 1 saturated carbocycles. The van der Waals surface area contributed by atoms with Crippen LogP contribution in [0.4, 0.5) is 0 Å². The first kappa shape index (κ1) is 17.2. The minimum absolute atomic E-state index is 0.123. The van der Waals surface area contributed by atoms with Crippen LogP contribution in [0.3, 0.4) is 0 Å². The maximum Gasteiger partial charge on any atom is 0.208 e. The van der Waals surface area contributed by atoms with Crippen molar-refractivity contribution in [2.75, 3.05) is 0 Å². The summed E-state index contributed by atoms with van der Waals surface area (Å²) in [5.74, 6) is 1.89. The van der Waals surface area contributed by atoms with Gasteiger partial charge in [0.1, 0.15) is 0 Å². The largest absolute Gasteiger partial charge is 0.324 e. The van der Waals surface area contributed by atoms with Gasteiger partial charge in [-0.15, -0.1) is 0 Å². The molecule has 0 spiro atoms. The van der Waals surface area contributed by atoms with Gasteiger partial charge < -0.3 is 4.52 Å². The Balaban J connectivity index is 2.88. The summed E-state index contributed by atoms with van der Waals surface area (Å²) in [5.41, 5.74) is 0.245. The van der Waals surface area contributed by atoms with Gasteiger partial charge in [-0.1, -0.05) is 54.9 Å². The lowest BCUT2D eigenvalue weighted by Crippen LogP contribution is -2.35. The molecule has 0 aromatic rings. The molecule has 3 unspecified atom stereocenters. The highest BCUT2D eigenvalue weighted by Crippen LogP contribution is 2.58. The van der Waals surface area contributed by atoms with Crippen molar-refractivity contribution < 1.29 is 9.09 Å². The summed E-state index contributed by atoms with van der Waals surface area (Å²) in [5, 5.41) is 0. The highest BCUT2D eigenvalue weighted by Gasteiger charge is 2.39. The highest BCUT2D eigenvalue weighted by molar-refractivity contribution is 7.60. The van der Waals surface area contributed by atoms with Gasteiger partial charge in [0.2, 0.25) is 7.37 Å². The topological polar surface area (TPSA) is 26.3 Å². The van der Waals surface area contributed by atoms with Crippen LogP contribution in [0.2, 0.25) is 0 Å². The number of rotatable bonds is 5. The van der Waals surface area contributed by atoms with Crippen LogP contribution in [0.25, 0.3) is 0 Å². The first-order valence-corrected chi connectivity index (χ1v) is 9.72. The van der Waals surface area contributed by atoms with Gasteiger partial charge in [-0.25, -0.2) is 0 Å². The van der Waals surface area contributed by atoms with E-state index in [0.717, 1.165) is 6.42 Å². The summed E-state index contributed by atoms with van der Waals surface area (Å²) in [4.78, 5) is 0. The van der Waals surface area contributed by atoms with E-state index in [1.165, 1.54) is 12.8 Å². The minimum atomic E-state index is -2.54. The summed E-state index contributed by atoms with van der Waals surface area (Å²) >= 11 is 0. The molecule has 0 aromatic carbocycles. The SMILES string of the molecule is CC1CCC(C(C)C)C(OP(=O)(C(C)C)C(C)C)C1. The lowest BCUT2D eigenvalue weighted by atomic mass is 9.75. The molecular weight excluding hydrogens is 255 g/mol. The molecule has 0 aliphatic heterocycles. The predicted molar refractivity (Wildman–Crippen MR) is 84.1 cm³/mol. The molecule has 3 heteroatoms. The normalized spacial score (nSPS) is 29.5. The van der Waals surface area contributed by atoms with Gasteiger partial charge in [0, 0.05) is 11.3 Å². The summed E-state index contributed by atoms with van der Waals surface area (Å²) in [7, 11) is -2.54. The van der Waals surface area contributed by atoms with Crippen molar-refractivity contribution in [2.24, 2.45) is 17.8 Å². The summed E-state index contributed by atoms with van der Waals surface area (Å²) < 4.78 is 19.4. The van der Waals surface area contributed by atoms with Crippen LogP contribution in [0.15, 0.2) is 0 Å². The van der Waals surface area contributed by atoms with Gasteiger partial charge in [-0.05, 0) is 30.6 Å². The van der Waals surface area contributed by atoms with E-state index in [1.807, 2.05) is 27.7 Å². The number of hydrogen-bond donors (Lipinski definition) is 0. The minimum Gasteiger partial charge on any atom is -0.324 e. The van der Waals surface area contributed by atoms with Crippen molar-refractivity contribution in [1.82, 2.24) is 0 Å². The van der Waals surface area contributed by atoms with Crippen LogP contribution in [0, 0.1) is 17.8 Å². The van der Waals surface area contributed by atoms with Gasteiger partial charge in [-0.2, -0.15) is 0 Å². The zero-order valence-corrected chi connectivity index (χ0v) is 14.7. The molecule has 2 nitrogen and oxygen atoms in total. The average Bonchev–Trinajstić information content (AvgIpc) is 2.27. The van der Waals surface area contributed by atoms with Gasteiger partial charge in [0.15, 0.2) is 0 Å². The van der Waals surface area contributed by atoms with E-state index in [9.17, 15) is 4.57 Å². The third-order valence-electron chi connectivity index (χ3n) is 4.70. The summed E-state index contributed by atoms with van der Waals surface area (Å²) in [6.45, 7) is 15.0. The lowest BCUT2D eigenvalue weighted by molar-refractivity contribution is 0.0462. The van der Waals surface area contributed by atoms with E-state index >= 15 is 0 Å². The van der Waals surface area contributed by atoms with Crippen LogP contribution in [-0.2, 0) is 9.09 Å². The average molecular weight is 288 g/mol. The molecule has 19 heavy (non-hydrogen) atoms. The predicted octanol–water partition coefficient (Wildman–Crippen LogP) is 5.56. The van der Waals surface area contributed by atoms with Gasteiger partial charge in [0.25, 0.3) is 0 Å². The van der Waals surface area contributed by atoms with Crippen LogP contribution in [0.5, 0.6) is 0 Å². The van der Waals surface area contributed by atoms with Crippen LogP contribution in [0.1, 0.15) is 67.7 Å². The monoisotopic (exact) mass is 288 g/mol.